The number of aromatic amines is 1. The summed E-state index contributed by atoms with van der Waals surface area (Å²) >= 11 is 6.46. The summed E-state index contributed by atoms with van der Waals surface area (Å²) in [5, 5.41) is 2.91. The summed E-state index contributed by atoms with van der Waals surface area (Å²) < 4.78 is 15.2. The van der Waals surface area contributed by atoms with Crippen LogP contribution in [0.1, 0.15) is 41.4 Å². The second-order valence-corrected chi connectivity index (χ2v) is 9.74. The molecule has 0 radical (unpaired) electrons. The molecule has 2 N–H and O–H groups in total. The van der Waals surface area contributed by atoms with Gasteiger partial charge in [-0.2, -0.15) is 0 Å². The van der Waals surface area contributed by atoms with Crippen molar-refractivity contribution in [3.63, 3.8) is 0 Å². The summed E-state index contributed by atoms with van der Waals surface area (Å²) in [4.78, 5) is 36.0. The molecule has 1 aromatic carbocycles. The largest absolute Gasteiger partial charge is 0.366 e. The highest BCUT2D eigenvalue weighted by molar-refractivity contribution is 6.32. The fraction of sp³-hybridized carbons (Fsp3) is 0.423. The molecule has 0 aliphatic carbocycles. The second kappa shape index (κ2) is 10.5. The van der Waals surface area contributed by atoms with E-state index in [4.69, 9.17) is 11.6 Å². The van der Waals surface area contributed by atoms with Gasteiger partial charge in [0.15, 0.2) is 11.0 Å². The number of hydrogen-bond acceptors (Lipinski definition) is 6. The van der Waals surface area contributed by atoms with Gasteiger partial charge >= 0.3 is 0 Å². The van der Waals surface area contributed by atoms with Crippen LogP contribution in [0.2, 0.25) is 5.15 Å². The maximum atomic E-state index is 15.2. The number of benzene rings is 1. The van der Waals surface area contributed by atoms with Gasteiger partial charge in [-0.15, -0.1) is 0 Å². The molecule has 2 aliphatic heterocycles. The molecule has 2 saturated heterocycles. The molecule has 190 valence electrons. The number of pyridine rings is 2. The molecule has 0 atom stereocenters. The Morgan fingerprint density at radius 2 is 1.83 bits per heavy atom. The molecule has 1 amide bonds. The number of H-pyrrole nitrogens is 1. The Labute approximate surface area is 214 Å². The van der Waals surface area contributed by atoms with E-state index in [1.165, 1.54) is 0 Å². The van der Waals surface area contributed by atoms with E-state index in [0.29, 0.717) is 53.4 Å². The van der Waals surface area contributed by atoms with Gasteiger partial charge in [0.2, 0.25) is 0 Å². The van der Waals surface area contributed by atoms with E-state index in [2.05, 4.69) is 25.2 Å². The molecule has 8 nitrogen and oxygen atoms in total. The zero-order valence-electron chi connectivity index (χ0n) is 20.3. The molecule has 0 saturated carbocycles. The molecular formula is C26H30ClFN6O2. The van der Waals surface area contributed by atoms with Crippen LogP contribution in [-0.4, -0.2) is 65.1 Å². The maximum Gasteiger partial charge on any atom is 0.284 e. The molecule has 5 rings (SSSR count). The summed E-state index contributed by atoms with van der Waals surface area (Å²) in [6, 6.07) is 8.97. The van der Waals surface area contributed by atoms with Gasteiger partial charge in [0.1, 0.15) is 5.69 Å². The van der Waals surface area contributed by atoms with Crippen LogP contribution in [0.3, 0.4) is 0 Å². The van der Waals surface area contributed by atoms with Crippen LogP contribution >= 0.6 is 11.6 Å². The van der Waals surface area contributed by atoms with Crippen LogP contribution in [0.25, 0.3) is 10.9 Å². The van der Waals surface area contributed by atoms with Crippen molar-refractivity contribution in [3.05, 3.63) is 68.5 Å². The van der Waals surface area contributed by atoms with Gasteiger partial charge in [0.05, 0.1) is 11.2 Å². The summed E-state index contributed by atoms with van der Waals surface area (Å²) in [6.07, 6.45) is 2.76. The lowest BCUT2D eigenvalue weighted by Gasteiger charge is -2.36. The van der Waals surface area contributed by atoms with Crippen LogP contribution in [-0.2, 0) is 13.0 Å². The molecule has 3 aromatic rings. The number of hydrazine groups is 1. The van der Waals surface area contributed by atoms with Gasteiger partial charge in [0.25, 0.3) is 11.5 Å². The van der Waals surface area contributed by atoms with Gasteiger partial charge in [0, 0.05) is 62.3 Å². The predicted octanol–water partition coefficient (Wildman–Crippen LogP) is 3.34. The lowest BCUT2D eigenvalue weighted by Crippen LogP contribution is -2.46. The number of amides is 1. The van der Waals surface area contributed by atoms with E-state index in [-0.39, 0.29) is 22.8 Å². The number of nitrogens with zero attached hydrogens (tertiary/aromatic N) is 4. The fourth-order valence-corrected chi connectivity index (χ4v) is 5.19. The average molecular weight is 513 g/mol. The minimum absolute atomic E-state index is 0.236. The Kier molecular flexibility index (Phi) is 7.22. The van der Waals surface area contributed by atoms with Crippen LogP contribution in [0.15, 0.2) is 35.1 Å². The van der Waals surface area contributed by atoms with Gasteiger partial charge in [-0.05, 0) is 37.5 Å². The number of rotatable bonds is 6. The van der Waals surface area contributed by atoms with Gasteiger partial charge in [-0.1, -0.05) is 30.7 Å². The van der Waals surface area contributed by atoms with E-state index in [9.17, 15) is 9.59 Å². The van der Waals surface area contributed by atoms with E-state index >= 15 is 4.39 Å². The number of carbonyl (C=O) groups excluding carboxylic acids is 1. The minimum Gasteiger partial charge on any atom is -0.366 e. The Hall–Kier alpha value is -3.01. The van der Waals surface area contributed by atoms with Crippen LogP contribution in [0.4, 0.5) is 10.1 Å². The molecule has 2 aliphatic rings. The normalized spacial score (nSPS) is 17.1. The summed E-state index contributed by atoms with van der Waals surface area (Å²) in [5.41, 5.74) is 5.20. The lowest BCUT2D eigenvalue weighted by atomic mass is 10.1. The first-order chi connectivity index (χ1) is 17.4. The highest BCUT2D eigenvalue weighted by Gasteiger charge is 2.23. The minimum atomic E-state index is -0.371. The van der Waals surface area contributed by atoms with Crippen molar-refractivity contribution in [1.82, 2.24) is 25.3 Å². The third-order valence-electron chi connectivity index (χ3n) is 7.03. The number of piperazine rings is 1. The van der Waals surface area contributed by atoms with E-state index in [1.807, 2.05) is 24.1 Å². The van der Waals surface area contributed by atoms with Crippen molar-refractivity contribution >= 4 is 34.1 Å². The molecule has 36 heavy (non-hydrogen) atoms. The number of hydrogen-bond donors (Lipinski definition) is 2. The fourth-order valence-electron chi connectivity index (χ4n) is 4.92. The number of carbonyl (C=O) groups is 1. The Balaban J connectivity index is 1.22. The summed E-state index contributed by atoms with van der Waals surface area (Å²) in [6.45, 7) is 6.90. The smallest absolute Gasteiger partial charge is 0.284 e. The van der Waals surface area contributed by atoms with Crippen molar-refractivity contribution in [2.75, 3.05) is 44.2 Å². The first-order valence-corrected chi connectivity index (χ1v) is 12.8. The standard InChI is InChI=1S/C26H30ClFN6O2/c1-2-17-15-18-5-6-19(22(28)23(18)30-25(17)35)16-32-11-13-33(14-12-32)21-8-7-20(29-24(21)27)26(36)31-34-9-3-4-10-34/h5-8,15H,2-4,9-14,16H2,1H3,(H,30,35)(H,31,36). The molecule has 2 fully saturated rings. The van der Waals surface area contributed by atoms with Crippen molar-refractivity contribution in [2.45, 2.75) is 32.7 Å². The molecule has 4 heterocycles. The van der Waals surface area contributed by atoms with Gasteiger partial charge < -0.3 is 9.88 Å². The first-order valence-electron chi connectivity index (χ1n) is 12.5. The monoisotopic (exact) mass is 512 g/mol. The SMILES string of the molecule is CCc1cc2ccc(CN3CCN(c4ccc(C(=O)NN5CCCC5)nc4Cl)CC3)c(F)c2[nH]c1=O. The first kappa shape index (κ1) is 24.7. The van der Waals surface area contributed by atoms with Crippen molar-refractivity contribution in [3.8, 4) is 0 Å². The highest BCUT2D eigenvalue weighted by atomic mass is 35.5. The zero-order chi connectivity index (χ0) is 25.2. The van der Waals surface area contributed by atoms with Crippen molar-refractivity contribution in [1.29, 1.82) is 0 Å². The zero-order valence-corrected chi connectivity index (χ0v) is 21.1. The topological polar surface area (TPSA) is 84.6 Å². The van der Waals surface area contributed by atoms with Crippen LogP contribution in [0.5, 0.6) is 0 Å². The Morgan fingerprint density at radius 3 is 2.53 bits per heavy atom. The summed E-state index contributed by atoms with van der Waals surface area (Å²) in [5.74, 6) is -0.621. The predicted molar refractivity (Wildman–Crippen MR) is 139 cm³/mol. The van der Waals surface area contributed by atoms with Crippen molar-refractivity contribution in [2.24, 2.45) is 0 Å². The molecule has 0 unspecified atom stereocenters. The molecule has 10 heteroatoms. The number of aromatic nitrogens is 2. The van der Waals surface area contributed by atoms with Gasteiger partial charge in [-0.25, -0.2) is 14.4 Å². The Bertz CT molecular complexity index is 1330. The second-order valence-electron chi connectivity index (χ2n) is 9.38. The quantitative estimate of drug-likeness (QED) is 0.493. The number of nitrogens with one attached hydrogen (secondary N) is 2. The molecular weight excluding hydrogens is 483 g/mol. The highest BCUT2D eigenvalue weighted by Crippen LogP contribution is 2.26. The Morgan fingerprint density at radius 1 is 1.08 bits per heavy atom. The molecule has 0 spiro atoms. The van der Waals surface area contributed by atoms with E-state index in [1.54, 1.807) is 18.2 Å². The van der Waals surface area contributed by atoms with Gasteiger partial charge in [-0.3, -0.25) is 19.9 Å². The number of halogens is 2. The molecule has 2 aromatic heterocycles. The number of anilines is 1. The van der Waals surface area contributed by atoms with Crippen LogP contribution < -0.4 is 15.9 Å². The number of aryl methyl sites for hydroxylation is 1. The third kappa shape index (κ3) is 5.09. The summed E-state index contributed by atoms with van der Waals surface area (Å²) in [7, 11) is 0. The average Bonchev–Trinajstić information content (AvgIpc) is 3.39. The molecule has 0 bridgehead atoms. The van der Waals surface area contributed by atoms with E-state index in [0.717, 1.165) is 44.7 Å². The van der Waals surface area contributed by atoms with E-state index < -0.39 is 0 Å². The lowest BCUT2D eigenvalue weighted by molar-refractivity contribution is 0.0820. The van der Waals surface area contributed by atoms with Crippen molar-refractivity contribution < 1.29 is 9.18 Å². The third-order valence-corrected chi connectivity index (χ3v) is 7.31. The van der Waals surface area contributed by atoms with Crippen LogP contribution in [0, 0.1) is 5.82 Å². The number of fused-ring (bicyclic) bond motifs is 1. The maximum absolute atomic E-state index is 15.2.